The molecule has 0 amide bonds. The molecule has 2 aromatic carbocycles. The molecule has 0 spiro atoms. The summed E-state index contributed by atoms with van der Waals surface area (Å²) < 4.78 is 0. The molecule has 0 saturated heterocycles. The van der Waals surface area contributed by atoms with Crippen molar-refractivity contribution >= 4 is 28.5 Å². The SMILES string of the molecule is CSc1ccc2cc(C(C)C(=O)[O-])ccc2c1.[Na+]. The maximum atomic E-state index is 10.8. The predicted molar refractivity (Wildman–Crippen MR) is 69.2 cm³/mol. The second-order valence-electron chi connectivity index (χ2n) is 4.01. The van der Waals surface area contributed by atoms with Gasteiger partial charge >= 0.3 is 29.6 Å². The Hall–Kier alpha value is -0.480. The zero-order valence-electron chi connectivity index (χ0n) is 10.8. The number of thioether (sulfide) groups is 1. The topological polar surface area (TPSA) is 40.1 Å². The van der Waals surface area contributed by atoms with Crippen molar-refractivity contribution in [1.29, 1.82) is 0 Å². The fourth-order valence-electron chi connectivity index (χ4n) is 1.77. The van der Waals surface area contributed by atoms with E-state index in [0.717, 1.165) is 16.3 Å². The molecular formula is C14H13NaO2S. The Balaban J connectivity index is 0.00000162. The predicted octanol–water partition coefficient (Wildman–Crippen LogP) is -0.581. The number of carboxylic acid groups (broad SMARTS) is 1. The van der Waals surface area contributed by atoms with Crippen molar-refractivity contribution in [3.63, 3.8) is 0 Å². The zero-order valence-corrected chi connectivity index (χ0v) is 13.6. The third-order valence-corrected chi connectivity index (χ3v) is 3.65. The molecule has 0 aliphatic rings. The number of benzene rings is 2. The van der Waals surface area contributed by atoms with Crippen LogP contribution in [0.1, 0.15) is 18.4 Å². The summed E-state index contributed by atoms with van der Waals surface area (Å²) in [5, 5.41) is 13.0. The molecular weight excluding hydrogens is 255 g/mol. The van der Waals surface area contributed by atoms with Gasteiger partial charge in [0.25, 0.3) is 0 Å². The van der Waals surface area contributed by atoms with Gasteiger partial charge in [-0.15, -0.1) is 11.8 Å². The number of carbonyl (C=O) groups excluding carboxylic acids is 1. The van der Waals surface area contributed by atoms with Crippen molar-refractivity contribution in [2.75, 3.05) is 6.26 Å². The van der Waals surface area contributed by atoms with Gasteiger partial charge in [-0.1, -0.05) is 31.2 Å². The second kappa shape index (κ2) is 6.62. The quantitative estimate of drug-likeness (QED) is 0.552. The van der Waals surface area contributed by atoms with E-state index in [1.807, 2.05) is 36.6 Å². The average molecular weight is 268 g/mol. The van der Waals surface area contributed by atoms with Crippen molar-refractivity contribution in [3.05, 3.63) is 42.0 Å². The van der Waals surface area contributed by atoms with E-state index in [4.69, 9.17) is 0 Å². The number of hydrogen-bond donors (Lipinski definition) is 0. The maximum Gasteiger partial charge on any atom is 1.00 e. The third-order valence-electron chi connectivity index (χ3n) is 2.93. The van der Waals surface area contributed by atoms with Gasteiger partial charge in [-0.2, -0.15) is 0 Å². The smallest absolute Gasteiger partial charge is 0.550 e. The van der Waals surface area contributed by atoms with Crippen molar-refractivity contribution in [3.8, 4) is 0 Å². The van der Waals surface area contributed by atoms with Crippen LogP contribution in [-0.2, 0) is 4.79 Å². The average Bonchev–Trinajstić information content (AvgIpc) is 2.36. The molecule has 18 heavy (non-hydrogen) atoms. The molecule has 4 heteroatoms. The van der Waals surface area contributed by atoms with Crippen molar-refractivity contribution < 1.29 is 39.5 Å². The van der Waals surface area contributed by atoms with Gasteiger partial charge in [0.05, 0.1) is 0 Å². The molecule has 2 nitrogen and oxygen atoms in total. The molecule has 0 aromatic heterocycles. The molecule has 0 bridgehead atoms. The molecule has 0 radical (unpaired) electrons. The van der Waals surface area contributed by atoms with Crippen molar-refractivity contribution in [2.24, 2.45) is 0 Å². The van der Waals surface area contributed by atoms with Crippen LogP contribution < -0.4 is 34.7 Å². The Morgan fingerprint density at radius 1 is 1.17 bits per heavy atom. The van der Waals surface area contributed by atoms with Gasteiger partial charge in [-0.05, 0) is 34.7 Å². The molecule has 0 heterocycles. The normalized spacial score (nSPS) is 11.9. The van der Waals surface area contributed by atoms with Gasteiger partial charge in [0.1, 0.15) is 0 Å². The van der Waals surface area contributed by atoms with E-state index in [-0.39, 0.29) is 29.6 Å². The summed E-state index contributed by atoms with van der Waals surface area (Å²) in [5.41, 5.74) is 0.786. The summed E-state index contributed by atoms with van der Waals surface area (Å²) in [6.45, 7) is 1.65. The molecule has 1 atom stereocenters. The fraction of sp³-hybridized carbons (Fsp3) is 0.214. The van der Waals surface area contributed by atoms with Gasteiger partial charge in [0.15, 0.2) is 0 Å². The Bertz CT molecular complexity index is 569. The minimum absolute atomic E-state index is 0. The first kappa shape index (κ1) is 15.6. The summed E-state index contributed by atoms with van der Waals surface area (Å²) in [6.07, 6.45) is 2.04. The zero-order chi connectivity index (χ0) is 12.4. The Kier molecular flexibility index (Phi) is 5.73. The summed E-state index contributed by atoms with van der Waals surface area (Å²) in [6, 6.07) is 11.9. The van der Waals surface area contributed by atoms with Gasteiger partial charge in [-0.3, -0.25) is 0 Å². The van der Waals surface area contributed by atoms with E-state index in [1.54, 1.807) is 18.7 Å². The molecule has 0 N–H and O–H groups in total. The van der Waals surface area contributed by atoms with Crippen LogP contribution in [0.5, 0.6) is 0 Å². The summed E-state index contributed by atoms with van der Waals surface area (Å²) >= 11 is 1.69. The second-order valence-corrected chi connectivity index (χ2v) is 4.89. The van der Waals surface area contributed by atoms with E-state index in [2.05, 4.69) is 6.07 Å². The Morgan fingerprint density at radius 3 is 2.39 bits per heavy atom. The minimum atomic E-state index is -1.04. The molecule has 2 rings (SSSR count). The summed E-state index contributed by atoms with van der Waals surface area (Å²) in [5.74, 6) is -1.61. The minimum Gasteiger partial charge on any atom is -0.550 e. The van der Waals surface area contributed by atoms with E-state index in [9.17, 15) is 9.90 Å². The van der Waals surface area contributed by atoms with Crippen LogP contribution >= 0.6 is 11.8 Å². The maximum absolute atomic E-state index is 10.8. The van der Waals surface area contributed by atoms with Crippen LogP contribution in [0.3, 0.4) is 0 Å². The molecule has 0 aliphatic heterocycles. The number of hydrogen-bond acceptors (Lipinski definition) is 3. The third kappa shape index (κ3) is 3.29. The Labute approximate surface area is 133 Å². The summed E-state index contributed by atoms with van der Waals surface area (Å²) in [7, 11) is 0. The van der Waals surface area contributed by atoms with E-state index in [1.165, 1.54) is 4.90 Å². The van der Waals surface area contributed by atoms with Gasteiger partial charge in [-0.25, -0.2) is 0 Å². The fourth-order valence-corrected chi connectivity index (χ4v) is 2.22. The monoisotopic (exact) mass is 268 g/mol. The number of fused-ring (bicyclic) bond motifs is 1. The first-order valence-electron chi connectivity index (χ1n) is 5.40. The van der Waals surface area contributed by atoms with Crippen LogP contribution in [0, 0.1) is 0 Å². The van der Waals surface area contributed by atoms with E-state index >= 15 is 0 Å². The number of rotatable bonds is 3. The van der Waals surface area contributed by atoms with Crippen molar-refractivity contribution in [1.82, 2.24) is 0 Å². The van der Waals surface area contributed by atoms with Crippen LogP contribution in [0.15, 0.2) is 41.3 Å². The van der Waals surface area contributed by atoms with Gasteiger partial charge < -0.3 is 9.90 Å². The number of aliphatic carboxylic acids is 1. The molecule has 0 saturated carbocycles. The van der Waals surface area contributed by atoms with Gasteiger partial charge in [0, 0.05) is 16.8 Å². The van der Waals surface area contributed by atoms with Gasteiger partial charge in [0.2, 0.25) is 0 Å². The van der Waals surface area contributed by atoms with Crippen LogP contribution in [0.4, 0.5) is 0 Å². The van der Waals surface area contributed by atoms with Crippen molar-refractivity contribution in [2.45, 2.75) is 17.7 Å². The molecule has 0 fully saturated rings. The van der Waals surface area contributed by atoms with E-state index < -0.39 is 11.9 Å². The molecule has 1 unspecified atom stereocenters. The first-order chi connectivity index (χ1) is 8.11. The molecule has 2 aromatic rings. The van der Waals surface area contributed by atoms with Crippen LogP contribution in [0.2, 0.25) is 0 Å². The Morgan fingerprint density at radius 2 is 1.78 bits per heavy atom. The first-order valence-corrected chi connectivity index (χ1v) is 6.63. The standard InChI is InChI=1S/C14H14O2S.Na/c1-9(14(15)16)10-3-4-12-8-13(17-2)6-5-11(12)7-10;/h3-9H,1-2H3,(H,15,16);/q;+1/p-1. The number of carboxylic acids is 1. The molecule has 0 aliphatic carbocycles. The molecule has 88 valence electrons. The van der Waals surface area contributed by atoms with Crippen LogP contribution in [-0.4, -0.2) is 12.2 Å². The van der Waals surface area contributed by atoms with E-state index in [0.29, 0.717) is 0 Å². The van der Waals surface area contributed by atoms with Crippen LogP contribution in [0.25, 0.3) is 10.8 Å². The number of carbonyl (C=O) groups is 1. The summed E-state index contributed by atoms with van der Waals surface area (Å²) in [4.78, 5) is 12.0. The largest absolute Gasteiger partial charge is 1.00 e.